The summed E-state index contributed by atoms with van der Waals surface area (Å²) in [6.45, 7) is 0. The van der Waals surface area contributed by atoms with Crippen LogP contribution in [0.2, 0.25) is 0 Å². The number of carboxylic acids is 1. The normalized spacial score (nSPS) is 14.7. The van der Waals surface area contributed by atoms with E-state index in [1.165, 1.54) is 12.8 Å². The molecule has 0 unspecified atom stereocenters. The molecule has 0 aliphatic heterocycles. The number of fused-ring (bicyclic) bond motifs is 1. The van der Waals surface area contributed by atoms with Crippen LogP contribution >= 0.6 is 0 Å². The number of aryl methyl sites for hydroxylation is 1. The summed E-state index contributed by atoms with van der Waals surface area (Å²) in [5.74, 6) is -1.02. The largest absolute Gasteiger partial charge is 0.476 e. The summed E-state index contributed by atoms with van der Waals surface area (Å²) in [6.07, 6.45) is 4.33. The number of rotatable bonds is 3. The zero-order chi connectivity index (χ0) is 14.6. The molecule has 21 heavy (non-hydrogen) atoms. The van der Waals surface area contributed by atoms with E-state index in [2.05, 4.69) is 14.6 Å². The number of benzene rings is 1. The number of carboxylic acid groups (broad SMARTS) is 1. The van der Waals surface area contributed by atoms with Crippen molar-refractivity contribution >= 4 is 17.0 Å². The van der Waals surface area contributed by atoms with Crippen LogP contribution in [0.5, 0.6) is 0 Å². The van der Waals surface area contributed by atoms with E-state index in [4.69, 9.17) is 5.11 Å². The quantitative estimate of drug-likeness (QED) is 0.801. The van der Waals surface area contributed by atoms with Gasteiger partial charge in [0.2, 0.25) is 0 Å². The highest BCUT2D eigenvalue weighted by atomic mass is 16.4. The fourth-order valence-corrected chi connectivity index (χ4v) is 2.68. The summed E-state index contributed by atoms with van der Waals surface area (Å²) in [5, 5.41) is 13.0. The maximum atomic E-state index is 11.0. The zero-order valence-electron chi connectivity index (χ0n) is 11.5. The molecule has 0 saturated heterocycles. The van der Waals surface area contributed by atoms with Gasteiger partial charge in [-0.1, -0.05) is 6.07 Å². The van der Waals surface area contributed by atoms with Gasteiger partial charge in [0.15, 0.2) is 5.69 Å². The van der Waals surface area contributed by atoms with Crippen LogP contribution in [0.15, 0.2) is 30.6 Å². The van der Waals surface area contributed by atoms with E-state index in [1.54, 1.807) is 17.8 Å². The molecule has 6 nitrogen and oxygen atoms in total. The second-order valence-corrected chi connectivity index (χ2v) is 5.43. The van der Waals surface area contributed by atoms with E-state index in [9.17, 15) is 4.79 Å². The number of hydrogen-bond acceptors (Lipinski definition) is 3. The van der Waals surface area contributed by atoms with E-state index in [-0.39, 0.29) is 5.69 Å². The Morgan fingerprint density at radius 1 is 1.33 bits per heavy atom. The molecule has 106 valence electrons. The molecular formula is C15H14N4O2. The molecule has 1 aliphatic rings. The van der Waals surface area contributed by atoms with Crippen LogP contribution in [0.4, 0.5) is 0 Å². The average Bonchev–Trinajstić information content (AvgIpc) is 3.09. The van der Waals surface area contributed by atoms with Crippen molar-refractivity contribution in [3.05, 3.63) is 36.3 Å². The molecule has 0 amide bonds. The summed E-state index contributed by atoms with van der Waals surface area (Å²) in [5.41, 5.74) is 3.80. The highest BCUT2D eigenvalue weighted by Crippen LogP contribution is 2.37. The predicted octanol–water partition coefficient (Wildman–Crippen LogP) is 2.47. The molecule has 6 heteroatoms. The van der Waals surface area contributed by atoms with Crippen molar-refractivity contribution in [1.29, 1.82) is 0 Å². The van der Waals surface area contributed by atoms with Crippen LogP contribution in [0.3, 0.4) is 0 Å². The molecule has 0 bridgehead atoms. The summed E-state index contributed by atoms with van der Waals surface area (Å²) < 4.78 is 3.80. The van der Waals surface area contributed by atoms with E-state index < -0.39 is 5.97 Å². The molecule has 0 spiro atoms. The molecular weight excluding hydrogens is 268 g/mol. The lowest BCUT2D eigenvalue weighted by molar-refractivity contribution is 0.0689. The van der Waals surface area contributed by atoms with Gasteiger partial charge in [0, 0.05) is 18.7 Å². The number of nitrogens with zero attached hydrogens (tertiary/aromatic N) is 4. The van der Waals surface area contributed by atoms with Gasteiger partial charge in [-0.15, -0.1) is 0 Å². The van der Waals surface area contributed by atoms with Gasteiger partial charge < -0.3 is 9.67 Å². The zero-order valence-corrected chi connectivity index (χ0v) is 11.5. The van der Waals surface area contributed by atoms with Crippen LogP contribution in [-0.4, -0.2) is 30.4 Å². The first-order chi connectivity index (χ1) is 10.1. The first-order valence-electron chi connectivity index (χ1n) is 6.88. The van der Waals surface area contributed by atoms with Gasteiger partial charge in [-0.3, -0.25) is 4.68 Å². The Kier molecular flexibility index (Phi) is 2.42. The molecule has 1 aliphatic carbocycles. The predicted molar refractivity (Wildman–Crippen MR) is 77.2 cm³/mol. The average molecular weight is 282 g/mol. The van der Waals surface area contributed by atoms with Crippen LogP contribution in [0.1, 0.15) is 29.4 Å². The van der Waals surface area contributed by atoms with Gasteiger partial charge in [0.1, 0.15) is 0 Å². The molecule has 1 N–H and O–H groups in total. The van der Waals surface area contributed by atoms with Crippen LogP contribution < -0.4 is 0 Å². The van der Waals surface area contributed by atoms with Crippen molar-refractivity contribution in [3.63, 3.8) is 0 Å². The standard InChI is InChI=1S/C15H14N4O2/c1-18-14(7-12(17-18)15(20)21)9-2-5-13-11(6-9)16-8-19(13)10-3-4-10/h2,5-8,10H,3-4H2,1H3,(H,20,21). The summed E-state index contributed by atoms with van der Waals surface area (Å²) in [7, 11) is 1.74. The van der Waals surface area contributed by atoms with Crippen molar-refractivity contribution in [1.82, 2.24) is 19.3 Å². The molecule has 3 aromatic rings. The van der Waals surface area contributed by atoms with Crippen LogP contribution in [0.25, 0.3) is 22.3 Å². The Bertz CT molecular complexity index is 858. The fourth-order valence-electron chi connectivity index (χ4n) is 2.68. The second-order valence-electron chi connectivity index (χ2n) is 5.43. The Morgan fingerprint density at radius 2 is 2.14 bits per heavy atom. The third kappa shape index (κ3) is 1.91. The minimum absolute atomic E-state index is 0.0520. The number of aromatic carboxylic acids is 1. The number of carbonyl (C=O) groups is 1. The monoisotopic (exact) mass is 282 g/mol. The van der Waals surface area contributed by atoms with Crippen molar-refractivity contribution < 1.29 is 9.90 Å². The number of hydrogen-bond donors (Lipinski definition) is 1. The Labute approximate surface area is 120 Å². The third-order valence-corrected chi connectivity index (χ3v) is 3.91. The smallest absolute Gasteiger partial charge is 0.356 e. The first kappa shape index (κ1) is 12.1. The van der Waals surface area contributed by atoms with Gasteiger partial charge in [-0.2, -0.15) is 5.10 Å². The minimum Gasteiger partial charge on any atom is -0.476 e. The first-order valence-corrected chi connectivity index (χ1v) is 6.88. The molecule has 0 radical (unpaired) electrons. The van der Waals surface area contributed by atoms with Gasteiger partial charge in [0.25, 0.3) is 0 Å². The minimum atomic E-state index is -1.02. The summed E-state index contributed by atoms with van der Waals surface area (Å²) >= 11 is 0. The lowest BCUT2D eigenvalue weighted by atomic mass is 10.1. The molecule has 0 atom stereocenters. The highest BCUT2D eigenvalue weighted by molar-refractivity contribution is 5.88. The van der Waals surface area contributed by atoms with E-state index in [0.717, 1.165) is 22.3 Å². The number of imidazole rings is 1. The molecule has 1 aromatic carbocycles. The van der Waals surface area contributed by atoms with Crippen molar-refractivity contribution in [2.45, 2.75) is 18.9 Å². The van der Waals surface area contributed by atoms with Crippen molar-refractivity contribution in [3.8, 4) is 11.3 Å². The van der Waals surface area contributed by atoms with Crippen LogP contribution in [-0.2, 0) is 7.05 Å². The van der Waals surface area contributed by atoms with Crippen LogP contribution in [0, 0.1) is 0 Å². The Hall–Kier alpha value is -2.63. The van der Waals surface area contributed by atoms with E-state index >= 15 is 0 Å². The lowest BCUT2D eigenvalue weighted by Gasteiger charge is -2.04. The van der Waals surface area contributed by atoms with Crippen molar-refractivity contribution in [2.75, 3.05) is 0 Å². The SMILES string of the molecule is Cn1nc(C(=O)O)cc1-c1ccc2c(c1)ncn2C1CC1. The maximum Gasteiger partial charge on any atom is 0.356 e. The van der Waals surface area contributed by atoms with Gasteiger partial charge in [-0.05, 0) is 31.0 Å². The fraction of sp³-hybridized carbons (Fsp3) is 0.267. The number of aromatic nitrogens is 4. The Balaban J connectivity index is 1.81. The Morgan fingerprint density at radius 3 is 2.81 bits per heavy atom. The maximum absolute atomic E-state index is 11.0. The summed E-state index contributed by atoms with van der Waals surface area (Å²) in [4.78, 5) is 15.5. The van der Waals surface area contributed by atoms with Crippen molar-refractivity contribution in [2.24, 2.45) is 7.05 Å². The molecule has 2 aromatic heterocycles. The molecule has 1 saturated carbocycles. The topological polar surface area (TPSA) is 72.9 Å². The van der Waals surface area contributed by atoms with E-state index in [1.807, 2.05) is 24.5 Å². The van der Waals surface area contributed by atoms with Gasteiger partial charge >= 0.3 is 5.97 Å². The van der Waals surface area contributed by atoms with E-state index in [0.29, 0.717) is 6.04 Å². The van der Waals surface area contributed by atoms with Gasteiger partial charge in [0.05, 0.1) is 23.1 Å². The van der Waals surface area contributed by atoms with Gasteiger partial charge in [-0.25, -0.2) is 9.78 Å². The summed E-state index contributed by atoms with van der Waals surface area (Å²) in [6, 6.07) is 8.20. The third-order valence-electron chi connectivity index (χ3n) is 3.91. The molecule has 4 rings (SSSR count). The molecule has 1 fully saturated rings. The lowest BCUT2D eigenvalue weighted by Crippen LogP contribution is -1.99. The highest BCUT2D eigenvalue weighted by Gasteiger charge is 2.25. The second kappa shape index (κ2) is 4.18. The molecule has 2 heterocycles.